The summed E-state index contributed by atoms with van der Waals surface area (Å²) in [6.07, 6.45) is 1.96. The van der Waals surface area contributed by atoms with Crippen molar-refractivity contribution in [2.24, 2.45) is 0 Å². The largest absolute Gasteiger partial charge is 0.438 e. The summed E-state index contributed by atoms with van der Waals surface area (Å²) in [6.45, 7) is 0. The monoisotopic (exact) mass is 806 g/mol. The second kappa shape index (κ2) is 14.0. The highest BCUT2D eigenvalue weighted by Gasteiger charge is 2.17. The predicted octanol–water partition coefficient (Wildman–Crippen LogP) is 15.6. The van der Waals surface area contributed by atoms with E-state index >= 15 is 0 Å². The van der Waals surface area contributed by atoms with Gasteiger partial charge in [0.25, 0.3) is 0 Å². The highest BCUT2D eigenvalue weighted by molar-refractivity contribution is 6.10. The third-order valence-electron chi connectivity index (χ3n) is 12.3. The van der Waals surface area contributed by atoms with E-state index in [0.717, 1.165) is 94.3 Å². The van der Waals surface area contributed by atoms with Gasteiger partial charge in [-0.2, -0.15) is 0 Å². The number of hydrogen-bond donors (Lipinski definition) is 0. The van der Waals surface area contributed by atoms with Crippen LogP contribution in [0.4, 0.5) is 17.1 Å². The van der Waals surface area contributed by atoms with Crippen molar-refractivity contribution >= 4 is 93.5 Å². The molecule has 0 atom stereocenters. The topological polar surface area (TPSA) is 68.2 Å². The smallest absolute Gasteiger partial charge is 0.227 e. The summed E-state index contributed by atoms with van der Waals surface area (Å²) in [4.78, 5) is 17.0. The molecule has 5 heterocycles. The average molecular weight is 807 g/mol. The minimum Gasteiger partial charge on any atom is -0.438 e. The van der Waals surface area contributed by atoms with Crippen molar-refractivity contribution in [1.82, 2.24) is 15.0 Å². The zero-order chi connectivity index (χ0) is 41.4. The van der Waals surface area contributed by atoms with Gasteiger partial charge < -0.3 is 13.7 Å². The van der Waals surface area contributed by atoms with Gasteiger partial charge in [0.2, 0.25) is 11.4 Å². The van der Waals surface area contributed by atoms with Gasteiger partial charge in [-0.15, -0.1) is 0 Å². The molecule has 0 saturated heterocycles. The average Bonchev–Trinajstić information content (AvgIpc) is 3.92. The number of fused-ring (bicyclic) bond motifs is 10. The Bertz CT molecular complexity index is 3770. The molecule has 0 N–H and O–H groups in total. The molecule has 0 fully saturated rings. The molecule has 0 aliphatic carbocycles. The van der Waals surface area contributed by atoms with Gasteiger partial charge >= 0.3 is 0 Å². The van der Waals surface area contributed by atoms with Gasteiger partial charge in [0.1, 0.15) is 11.2 Å². The quantitative estimate of drug-likeness (QED) is 0.156. The molecule has 63 heavy (non-hydrogen) atoms. The summed E-state index contributed by atoms with van der Waals surface area (Å²) in [7, 11) is 0. The number of nitrogens with zero attached hydrogens (tertiary/aromatic N) is 4. The first-order valence-electron chi connectivity index (χ1n) is 21.1. The lowest BCUT2D eigenvalue weighted by Gasteiger charge is -2.26. The van der Waals surface area contributed by atoms with Crippen molar-refractivity contribution in [3.05, 3.63) is 206 Å². The molecule has 8 aromatic carbocycles. The van der Waals surface area contributed by atoms with Crippen LogP contribution in [0.5, 0.6) is 0 Å². The summed E-state index contributed by atoms with van der Waals surface area (Å²) in [5.74, 6) is 0. The van der Waals surface area contributed by atoms with E-state index in [9.17, 15) is 0 Å². The number of hydrogen-bond acceptors (Lipinski definition) is 6. The van der Waals surface area contributed by atoms with Crippen LogP contribution in [0.15, 0.2) is 215 Å². The van der Waals surface area contributed by atoms with E-state index in [1.807, 2.05) is 48.7 Å². The first kappa shape index (κ1) is 35.2. The van der Waals surface area contributed by atoms with Crippen molar-refractivity contribution in [2.75, 3.05) is 4.90 Å². The van der Waals surface area contributed by atoms with Crippen molar-refractivity contribution in [3.8, 4) is 33.8 Å². The minimum atomic E-state index is 0.638. The van der Waals surface area contributed by atoms with Crippen LogP contribution in [0.2, 0.25) is 0 Å². The molecule has 13 aromatic rings. The molecule has 0 spiro atoms. The Kier molecular flexibility index (Phi) is 7.80. The van der Waals surface area contributed by atoms with Gasteiger partial charge in [-0.1, -0.05) is 115 Å². The Balaban J connectivity index is 0.884. The highest BCUT2D eigenvalue weighted by atomic mass is 16.3. The van der Waals surface area contributed by atoms with Crippen LogP contribution in [0.25, 0.3) is 110 Å². The molecule has 0 aliphatic rings. The van der Waals surface area contributed by atoms with E-state index in [-0.39, 0.29) is 0 Å². The highest BCUT2D eigenvalue weighted by Crippen LogP contribution is 2.40. The van der Waals surface area contributed by atoms with Crippen molar-refractivity contribution in [1.29, 1.82) is 0 Å². The molecule has 0 saturated carbocycles. The molecular formula is C57H34N4O2. The SMILES string of the molecule is c1ccc2cc(-c3ccc4c(ccc5cc(N(c6ccc(-c7ccc8c(n7)oc7ccccc78)cc6)c6ccc(-c7ccc8c(n7)oc7ccccc78)cc6)ccc54)c3)ncc2c1. The second-order valence-electron chi connectivity index (χ2n) is 16.0. The third kappa shape index (κ3) is 5.92. The van der Waals surface area contributed by atoms with Crippen LogP contribution in [-0.4, -0.2) is 15.0 Å². The van der Waals surface area contributed by atoms with Crippen LogP contribution in [0.1, 0.15) is 0 Å². The molecule has 0 aliphatic heterocycles. The Hall–Kier alpha value is -8.61. The molecule has 6 nitrogen and oxygen atoms in total. The molecule has 5 aromatic heterocycles. The van der Waals surface area contributed by atoms with Crippen LogP contribution in [0.3, 0.4) is 0 Å². The first-order chi connectivity index (χ1) is 31.2. The molecule has 294 valence electrons. The van der Waals surface area contributed by atoms with E-state index in [0.29, 0.717) is 11.4 Å². The number of aromatic nitrogens is 3. The Morgan fingerprint density at radius 1 is 0.317 bits per heavy atom. The fourth-order valence-corrected chi connectivity index (χ4v) is 9.14. The second-order valence-corrected chi connectivity index (χ2v) is 16.0. The fraction of sp³-hybridized carbons (Fsp3) is 0. The molecule has 6 heteroatoms. The van der Waals surface area contributed by atoms with Crippen LogP contribution >= 0.6 is 0 Å². The third-order valence-corrected chi connectivity index (χ3v) is 12.3. The van der Waals surface area contributed by atoms with E-state index in [2.05, 4.69) is 163 Å². The molecule has 0 bridgehead atoms. The summed E-state index contributed by atoms with van der Waals surface area (Å²) in [5, 5.41) is 11.2. The Labute approximate surface area is 360 Å². The number of pyridine rings is 3. The van der Waals surface area contributed by atoms with Crippen molar-refractivity contribution < 1.29 is 8.83 Å². The number of para-hydroxylation sites is 2. The zero-order valence-electron chi connectivity index (χ0n) is 33.7. The van der Waals surface area contributed by atoms with Gasteiger partial charge in [-0.05, 0) is 112 Å². The minimum absolute atomic E-state index is 0.638. The van der Waals surface area contributed by atoms with Crippen molar-refractivity contribution in [3.63, 3.8) is 0 Å². The van der Waals surface area contributed by atoms with E-state index in [1.165, 1.54) is 21.5 Å². The lowest BCUT2D eigenvalue weighted by atomic mass is 9.98. The van der Waals surface area contributed by atoms with Crippen LogP contribution in [-0.2, 0) is 0 Å². The molecule has 0 radical (unpaired) electrons. The fourth-order valence-electron chi connectivity index (χ4n) is 9.14. The number of benzene rings is 8. The Morgan fingerprint density at radius 2 is 0.810 bits per heavy atom. The maximum atomic E-state index is 6.14. The van der Waals surface area contributed by atoms with Gasteiger partial charge in [0.15, 0.2) is 0 Å². The van der Waals surface area contributed by atoms with Crippen LogP contribution < -0.4 is 4.90 Å². The predicted molar refractivity (Wildman–Crippen MR) is 258 cm³/mol. The summed E-state index contributed by atoms with van der Waals surface area (Å²) in [5.41, 5.74) is 11.8. The van der Waals surface area contributed by atoms with E-state index in [4.69, 9.17) is 23.8 Å². The zero-order valence-corrected chi connectivity index (χ0v) is 33.7. The summed E-state index contributed by atoms with van der Waals surface area (Å²) in [6, 6.07) is 70.1. The molecular weight excluding hydrogens is 773 g/mol. The van der Waals surface area contributed by atoms with Gasteiger partial charge in [0.05, 0.1) is 17.1 Å². The van der Waals surface area contributed by atoms with Crippen molar-refractivity contribution in [2.45, 2.75) is 0 Å². The summed E-state index contributed by atoms with van der Waals surface area (Å²) >= 11 is 0. The first-order valence-corrected chi connectivity index (χ1v) is 21.1. The van der Waals surface area contributed by atoms with E-state index in [1.54, 1.807) is 0 Å². The van der Waals surface area contributed by atoms with Crippen LogP contribution in [0, 0.1) is 0 Å². The molecule has 0 unspecified atom stereocenters. The Morgan fingerprint density at radius 3 is 1.43 bits per heavy atom. The lowest BCUT2D eigenvalue weighted by molar-refractivity contribution is 0.654. The number of furan rings is 2. The van der Waals surface area contributed by atoms with Gasteiger partial charge in [-0.3, -0.25) is 4.98 Å². The number of anilines is 3. The van der Waals surface area contributed by atoms with Gasteiger partial charge in [0, 0.05) is 66.9 Å². The number of rotatable bonds is 6. The molecule has 0 amide bonds. The molecule has 13 rings (SSSR count). The van der Waals surface area contributed by atoms with Gasteiger partial charge in [-0.25, -0.2) is 9.97 Å². The standard InChI is InChI=1S/C57H34N4O2/c1-2-8-41-34-58-53(33-37(41)7-1)40-19-25-45-38(31-40)13-14-39-32-44(24-26-46(39)45)61(42-20-15-35(16-21-42)51-29-27-49-47-9-3-5-11-54(47)62-56(49)59-51)43-22-17-36(18-23-43)52-30-28-50-48-10-4-6-12-55(48)63-57(50)60-52/h1-34H. The normalized spacial score (nSPS) is 11.8. The maximum Gasteiger partial charge on any atom is 0.227 e. The summed E-state index contributed by atoms with van der Waals surface area (Å²) < 4.78 is 12.3. The van der Waals surface area contributed by atoms with E-state index < -0.39 is 0 Å². The maximum absolute atomic E-state index is 6.14. The lowest BCUT2D eigenvalue weighted by Crippen LogP contribution is -2.10.